The first-order valence-electron chi connectivity index (χ1n) is 6.75. The first kappa shape index (κ1) is 15.9. The predicted molar refractivity (Wildman–Crippen MR) is 77.7 cm³/mol. The van der Waals surface area contributed by atoms with Crippen LogP contribution in [0, 0.1) is 17.5 Å². The van der Waals surface area contributed by atoms with Crippen LogP contribution < -0.4 is 10.6 Å². The topological polar surface area (TPSA) is 41.1 Å². The van der Waals surface area contributed by atoms with E-state index in [0.29, 0.717) is 0 Å². The summed E-state index contributed by atoms with van der Waals surface area (Å²) in [5, 5.41) is 5.20. The molecule has 0 aliphatic heterocycles. The van der Waals surface area contributed by atoms with Crippen molar-refractivity contribution in [2.24, 2.45) is 0 Å². The van der Waals surface area contributed by atoms with Gasteiger partial charge in [0, 0.05) is 19.5 Å². The first-order chi connectivity index (χ1) is 10.6. The van der Waals surface area contributed by atoms with Crippen molar-refractivity contribution < 1.29 is 18.0 Å². The molecule has 116 valence electrons. The van der Waals surface area contributed by atoms with E-state index < -0.39 is 11.6 Å². The third-order valence-corrected chi connectivity index (χ3v) is 3.02. The largest absolute Gasteiger partial charge is 0.380 e. The molecule has 0 bridgehead atoms. The summed E-state index contributed by atoms with van der Waals surface area (Å²) < 4.78 is 39.4. The monoisotopic (exact) mass is 308 g/mol. The lowest BCUT2D eigenvalue weighted by Crippen LogP contribution is -2.25. The van der Waals surface area contributed by atoms with Crippen molar-refractivity contribution in [2.75, 3.05) is 11.9 Å². The second-order valence-electron chi connectivity index (χ2n) is 4.68. The Kier molecular flexibility index (Phi) is 5.41. The molecule has 0 aromatic heterocycles. The second kappa shape index (κ2) is 7.49. The van der Waals surface area contributed by atoms with E-state index in [1.165, 1.54) is 18.2 Å². The van der Waals surface area contributed by atoms with Crippen LogP contribution in [0.5, 0.6) is 0 Å². The number of carbonyl (C=O) groups is 1. The molecule has 6 heteroatoms. The summed E-state index contributed by atoms with van der Waals surface area (Å²) in [6, 6.07) is 9.31. The molecule has 0 heterocycles. The Morgan fingerprint density at radius 3 is 2.23 bits per heavy atom. The van der Waals surface area contributed by atoms with Gasteiger partial charge in [0.15, 0.2) is 0 Å². The third kappa shape index (κ3) is 4.51. The predicted octanol–water partition coefficient (Wildman–Crippen LogP) is 3.22. The zero-order valence-corrected chi connectivity index (χ0v) is 11.7. The van der Waals surface area contributed by atoms with Crippen molar-refractivity contribution >= 4 is 11.6 Å². The Morgan fingerprint density at radius 2 is 1.59 bits per heavy atom. The summed E-state index contributed by atoms with van der Waals surface area (Å²) in [6.07, 6.45) is 0.0645. The minimum atomic E-state index is -0.702. The Morgan fingerprint density at radius 1 is 0.955 bits per heavy atom. The van der Waals surface area contributed by atoms with Gasteiger partial charge < -0.3 is 10.6 Å². The fourth-order valence-corrected chi connectivity index (χ4v) is 1.86. The van der Waals surface area contributed by atoms with Gasteiger partial charge in [0.2, 0.25) is 5.91 Å². The molecule has 2 rings (SSSR count). The fraction of sp³-hybridized carbons (Fsp3) is 0.188. The molecule has 0 aliphatic carbocycles. The number of amides is 1. The lowest BCUT2D eigenvalue weighted by molar-refractivity contribution is -0.121. The number of carbonyl (C=O) groups excluding carboxylic acids is 1. The quantitative estimate of drug-likeness (QED) is 0.860. The van der Waals surface area contributed by atoms with E-state index in [-0.39, 0.29) is 36.9 Å². The van der Waals surface area contributed by atoms with E-state index in [4.69, 9.17) is 0 Å². The molecule has 0 fully saturated rings. The molecule has 2 N–H and O–H groups in total. The van der Waals surface area contributed by atoms with E-state index in [2.05, 4.69) is 10.6 Å². The second-order valence-corrected chi connectivity index (χ2v) is 4.68. The molecule has 2 aromatic carbocycles. The third-order valence-electron chi connectivity index (χ3n) is 3.02. The van der Waals surface area contributed by atoms with Crippen molar-refractivity contribution in [1.82, 2.24) is 5.32 Å². The van der Waals surface area contributed by atoms with Crippen molar-refractivity contribution in [3.05, 3.63) is 65.5 Å². The number of hydrogen-bond donors (Lipinski definition) is 2. The molecule has 0 saturated carbocycles. The summed E-state index contributed by atoms with van der Waals surface area (Å²) in [5.74, 6) is -2.02. The van der Waals surface area contributed by atoms with Gasteiger partial charge in [0.25, 0.3) is 0 Å². The van der Waals surface area contributed by atoms with E-state index >= 15 is 0 Å². The fourth-order valence-electron chi connectivity index (χ4n) is 1.86. The lowest BCUT2D eigenvalue weighted by atomic mass is 10.2. The smallest absolute Gasteiger partial charge is 0.222 e. The van der Waals surface area contributed by atoms with Crippen LogP contribution in [-0.4, -0.2) is 12.5 Å². The zero-order valence-electron chi connectivity index (χ0n) is 11.7. The molecular formula is C16H15F3N2O. The number of hydrogen-bond acceptors (Lipinski definition) is 2. The number of para-hydroxylation sites is 1. The molecule has 22 heavy (non-hydrogen) atoms. The van der Waals surface area contributed by atoms with E-state index in [1.807, 2.05) is 0 Å². The van der Waals surface area contributed by atoms with E-state index in [0.717, 1.165) is 17.7 Å². The van der Waals surface area contributed by atoms with Gasteiger partial charge in [-0.3, -0.25) is 4.79 Å². The molecule has 0 radical (unpaired) electrons. The van der Waals surface area contributed by atoms with E-state index in [1.54, 1.807) is 12.1 Å². The molecule has 1 amide bonds. The maximum Gasteiger partial charge on any atom is 0.222 e. The van der Waals surface area contributed by atoms with Crippen LogP contribution in [-0.2, 0) is 11.3 Å². The van der Waals surface area contributed by atoms with Gasteiger partial charge in [-0.25, -0.2) is 13.2 Å². The van der Waals surface area contributed by atoms with Crippen LogP contribution in [0.25, 0.3) is 0 Å². The number of benzene rings is 2. The molecule has 2 aromatic rings. The minimum absolute atomic E-state index is 0.0645. The van der Waals surface area contributed by atoms with Gasteiger partial charge in [-0.05, 0) is 29.8 Å². The van der Waals surface area contributed by atoms with Crippen molar-refractivity contribution in [1.29, 1.82) is 0 Å². The average molecular weight is 308 g/mol. The maximum atomic E-state index is 13.3. The summed E-state index contributed by atoms with van der Waals surface area (Å²) in [7, 11) is 0. The first-order valence-corrected chi connectivity index (χ1v) is 6.75. The highest BCUT2D eigenvalue weighted by atomic mass is 19.1. The average Bonchev–Trinajstić information content (AvgIpc) is 2.50. The molecule has 0 saturated heterocycles. The molecule has 0 aliphatic rings. The van der Waals surface area contributed by atoms with Crippen LogP contribution in [0.4, 0.5) is 18.9 Å². The van der Waals surface area contributed by atoms with Gasteiger partial charge in [-0.1, -0.05) is 18.2 Å². The number of anilines is 1. The van der Waals surface area contributed by atoms with Gasteiger partial charge in [-0.2, -0.15) is 0 Å². The van der Waals surface area contributed by atoms with Gasteiger partial charge in [-0.15, -0.1) is 0 Å². The standard InChI is InChI=1S/C16H15F3N2O/c17-12-6-4-11(5-7-12)10-21-15(22)8-9-20-16-13(18)2-1-3-14(16)19/h1-7,20H,8-10H2,(H,21,22). The van der Waals surface area contributed by atoms with Crippen LogP contribution in [0.3, 0.4) is 0 Å². The maximum absolute atomic E-state index is 13.3. The molecular weight excluding hydrogens is 293 g/mol. The number of rotatable bonds is 6. The van der Waals surface area contributed by atoms with Crippen molar-refractivity contribution in [3.63, 3.8) is 0 Å². The summed E-state index contributed by atoms with van der Waals surface area (Å²) in [5.41, 5.74) is 0.525. The van der Waals surface area contributed by atoms with Crippen molar-refractivity contribution in [2.45, 2.75) is 13.0 Å². The van der Waals surface area contributed by atoms with Crippen LogP contribution in [0.1, 0.15) is 12.0 Å². The Labute approximate surface area is 126 Å². The molecule has 0 atom stereocenters. The molecule has 0 spiro atoms. The van der Waals surface area contributed by atoms with Crippen LogP contribution >= 0.6 is 0 Å². The molecule has 0 unspecified atom stereocenters. The van der Waals surface area contributed by atoms with Gasteiger partial charge >= 0.3 is 0 Å². The van der Waals surface area contributed by atoms with Gasteiger partial charge in [0.1, 0.15) is 23.1 Å². The normalized spacial score (nSPS) is 10.3. The SMILES string of the molecule is O=C(CCNc1c(F)cccc1F)NCc1ccc(F)cc1. The Bertz CT molecular complexity index is 624. The van der Waals surface area contributed by atoms with Gasteiger partial charge in [0.05, 0.1) is 0 Å². The lowest BCUT2D eigenvalue weighted by Gasteiger charge is -2.09. The summed E-state index contributed by atoms with van der Waals surface area (Å²) >= 11 is 0. The number of nitrogens with one attached hydrogen (secondary N) is 2. The zero-order chi connectivity index (χ0) is 15.9. The minimum Gasteiger partial charge on any atom is -0.380 e. The van der Waals surface area contributed by atoms with Crippen LogP contribution in [0.2, 0.25) is 0 Å². The van der Waals surface area contributed by atoms with E-state index in [9.17, 15) is 18.0 Å². The highest BCUT2D eigenvalue weighted by Crippen LogP contribution is 2.17. The van der Waals surface area contributed by atoms with Crippen molar-refractivity contribution in [3.8, 4) is 0 Å². The van der Waals surface area contributed by atoms with Crippen LogP contribution in [0.15, 0.2) is 42.5 Å². The Balaban J connectivity index is 1.75. The highest BCUT2D eigenvalue weighted by Gasteiger charge is 2.08. The Hall–Kier alpha value is -2.50. The highest BCUT2D eigenvalue weighted by molar-refractivity contribution is 5.76. The number of halogens is 3. The summed E-state index contributed by atoms with van der Waals surface area (Å²) in [4.78, 5) is 11.6. The summed E-state index contributed by atoms with van der Waals surface area (Å²) in [6.45, 7) is 0.375. The molecule has 3 nitrogen and oxygen atoms in total.